The van der Waals surface area contributed by atoms with Crippen LogP contribution in [0.25, 0.3) is 0 Å². The fraction of sp³-hybridized carbons (Fsp3) is 0.917. The van der Waals surface area contributed by atoms with Gasteiger partial charge in [0.2, 0.25) is 0 Å². The molecular formula is C12H13ClO. The van der Waals surface area contributed by atoms with E-state index in [4.69, 9.17) is 11.6 Å². The fourth-order valence-electron chi connectivity index (χ4n) is 6.72. The molecule has 0 aromatic rings. The number of halogens is 1. The van der Waals surface area contributed by atoms with Gasteiger partial charge in [-0.05, 0) is 41.4 Å². The quantitative estimate of drug-likeness (QED) is 0.556. The molecule has 0 aromatic heterocycles. The van der Waals surface area contributed by atoms with Gasteiger partial charge in [-0.2, -0.15) is 0 Å². The van der Waals surface area contributed by atoms with Crippen molar-refractivity contribution in [2.45, 2.75) is 18.7 Å². The summed E-state index contributed by atoms with van der Waals surface area (Å²) >= 11 is 6.60. The summed E-state index contributed by atoms with van der Waals surface area (Å²) in [7, 11) is 0. The first-order valence-corrected chi connectivity index (χ1v) is 6.29. The number of Topliss-reactive ketones (excluding diaryl/α,β-unsaturated/α-hetero) is 1. The Kier molecular flexibility index (Phi) is 0.835. The minimum Gasteiger partial charge on any atom is -0.299 e. The van der Waals surface area contributed by atoms with Crippen molar-refractivity contribution in [1.29, 1.82) is 0 Å². The summed E-state index contributed by atoms with van der Waals surface area (Å²) in [6.45, 7) is 2.31. The molecular weight excluding hydrogens is 196 g/mol. The van der Waals surface area contributed by atoms with Gasteiger partial charge in [0.1, 0.15) is 5.78 Å². The van der Waals surface area contributed by atoms with Gasteiger partial charge in [0.25, 0.3) is 0 Å². The van der Waals surface area contributed by atoms with Crippen molar-refractivity contribution in [2.75, 3.05) is 0 Å². The maximum Gasteiger partial charge on any atom is 0.140 e. The van der Waals surface area contributed by atoms with Gasteiger partial charge < -0.3 is 0 Å². The number of carbonyl (C=O) groups excluding carboxylic acids is 1. The lowest BCUT2D eigenvalue weighted by Gasteiger charge is -2.38. The smallest absolute Gasteiger partial charge is 0.140 e. The molecule has 0 unspecified atom stereocenters. The van der Waals surface area contributed by atoms with Gasteiger partial charge in [0, 0.05) is 17.2 Å². The van der Waals surface area contributed by atoms with Gasteiger partial charge in [-0.3, -0.25) is 4.79 Å². The predicted octanol–water partition coefficient (Wildman–Crippen LogP) is 1.94. The van der Waals surface area contributed by atoms with Gasteiger partial charge in [0.05, 0.1) is 0 Å². The predicted molar refractivity (Wildman–Crippen MR) is 51.8 cm³/mol. The highest BCUT2D eigenvalue weighted by molar-refractivity contribution is 6.22. The molecule has 1 nitrogen and oxygen atoms in total. The molecule has 74 valence electrons. The molecule has 0 radical (unpaired) electrons. The highest BCUT2D eigenvalue weighted by atomic mass is 35.5. The molecule has 6 bridgehead atoms. The van der Waals surface area contributed by atoms with Crippen LogP contribution in [0.15, 0.2) is 0 Å². The Morgan fingerprint density at radius 3 is 2.86 bits per heavy atom. The van der Waals surface area contributed by atoms with Crippen molar-refractivity contribution in [3.63, 3.8) is 0 Å². The highest BCUT2D eigenvalue weighted by Gasteiger charge is 2.87. The van der Waals surface area contributed by atoms with Crippen LogP contribution in [0.4, 0.5) is 0 Å². The second-order valence-electron chi connectivity index (χ2n) is 6.42. The van der Waals surface area contributed by atoms with E-state index < -0.39 is 0 Å². The van der Waals surface area contributed by atoms with E-state index in [-0.39, 0.29) is 5.41 Å². The van der Waals surface area contributed by atoms with E-state index in [2.05, 4.69) is 6.92 Å². The van der Waals surface area contributed by atoms with Crippen LogP contribution in [0.2, 0.25) is 0 Å². The Morgan fingerprint density at radius 2 is 2.14 bits per heavy atom. The summed E-state index contributed by atoms with van der Waals surface area (Å²) in [5.74, 6) is 5.20. The van der Waals surface area contributed by atoms with Crippen molar-refractivity contribution in [3.05, 3.63) is 0 Å². The molecule has 0 heterocycles. The monoisotopic (exact) mass is 208 g/mol. The van der Waals surface area contributed by atoms with Gasteiger partial charge in [-0.1, -0.05) is 6.92 Å². The van der Waals surface area contributed by atoms with Crippen LogP contribution < -0.4 is 0 Å². The van der Waals surface area contributed by atoms with Crippen molar-refractivity contribution in [1.82, 2.24) is 0 Å². The van der Waals surface area contributed by atoms with Gasteiger partial charge in [0.15, 0.2) is 0 Å². The number of hydrogen-bond donors (Lipinski definition) is 0. The van der Waals surface area contributed by atoms with Crippen molar-refractivity contribution in [3.8, 4) is 0 Å². The number of ketones is 1. The lowest BCUT2D eigenvalue weighted by molar-refractivity contribution is -0.122. The van der Waals surface area contributed by atoms with Gasteiger partial charge in [-0.25, -0.2) is 0 Å². The molecule has 2 heteroatoms. The van der Waals surface area contributed by atoms with Crippen LogP contribution in [-0.4, -0.2) is 11.2 Å². The third kappa shape index (κ3) is 0.374. The molecule has 6 rings (SSSR count). The molecule has 0 saturated heterocycles. The van der Waals surface area contributed by atoms with E-state index in [1.165, 1.54) is 6.42 Å². The lowest BCUT2D eigenvalue weighted by Crippen LogP contribution is -2.37. The van der Waals surface area contributed by atoms with Crippen LogP contribution in [0.1, 0.15) is 13.3 Å². The second-order valence-corrected chi connectivity index (χ2v) is 6.89. The second kappa shape index (κ2) is 1.61. The summed E-state index contributed by atoms with van der Waals surface area (Å²) in [6, 6.07) is 0. The molecule has 6 saturated carbocycles. The average molecular weight is 209 g/mol. The minimum atomic E-state index is 0.219. The molecule has 0 aliphatic heterocycles. The van der Waals surface area contributed by atoms with Crippen molar-refractivity contribution < 1.29 is 4.79 Å². The molecule has 9 atom stereocenters. The van der Waals surface area contributed by atoms with Crippen molar-refractivity contribution >= 4 is 17.4 Å². The summed E-state index contributed by atoms with van der Waals surface area (Å²) in [5.41, 5.74) is 0.219. The van der Waals surface area contributed by atoms with Gasteiger partial charge >= 0.3 is 0 Å². The lowest BCUT2D eigenvalue weighted by atomic mass is 9.64. The van der Waals surface area contributed by atoms with Crippen LogP contribution in [-0.2, 0) is 4.79 Å². The molecule has 6 aliphatic rings. The third-order valence-electron chi connectivity index (χ3n) is 6.63. The van der Waals surface area contributed by atoms with E-state index in [1.807, 2.05) is 0 Å². The van der Waals surface area contributed by atoms with E-state index >= 15 is 0 Å². The van der Waals surface area contributed by atoms with Crippen LogP contribution in [0, 0.1) is 46.8 Å². The Hall–Kier alpha value is -0.0400. The van der Waals surface area contributed by atoms with E-state index in [1.54, 1.807) is 0 Å². The normalized spacial score (nSPS) is 80.3. The van der Waals surface area contributed by atoms with Crippen LogP contribution >= 0.6 is 11.6 Å². The summed E-state index contributed by atoms with van der Waals surface area (Å²) in [6.07, 6.45) is 1.34. The molecule has 0 N–H and O–H groups in total. The standard InChI is InChI=1S/C12H13ClO/c1-12-8-4-2-3-5(6(4)11(12)13)9(12)10(14)7(3)8/h3-9,11H,2H2,1H3/t3-,4-,5+,6+,7-,8-,9-,11-,12+/m1/s1. The van der Waals surface area contributed by atoms with Crippen LogP contribution in [0.3, 0.4) is 0 Å². The maximum absolute atomic E-state index is 12.2. The number of hydrogen-bond acceptors (Lipinski definition) is 1. The average Bonchev–Trinajstić information content (AvgIpc) is 2.81. The Balaban J connectivity index is 1.92. The SMILES string of the molecule is C[C@]12[C@@H]3[C@@H]4C[C@H]5[C@H]3C(=O)[C@H]1[C@@H]5[C@H]4[C@H]2Cl. The number of alkyl halides is 1. The minimum absolute atomic E-state index is 0.219. The zero-order valence-electron chi connectivity index (χ0n) is 8.11. The zero-order valence-corrected chi connectivity index (χ0v) is 8.87. The van der Waals surface area contributed by atoms with E-state index in [9.17, 15) is 4.79 Å². The summed E-state index contributed by atoms with van der Waals surface area (Å²) in [5, 5.41) is 0.328. The van der Waals surface area contributed by atoms with E-state index in [0.29, 0.717) is 28.9 Å². The molecule has 6 fully saturated rings. The Bertz CT molecular complexity index is 390. The third-order valence-corrected chi connectivity index (χ3v) is 7.39. The molecule has 6 aliphatic carbocycles. The first-order valence-electron chi connectivity index (χ1n) is 5.85. The molecule has 0 amide bonds. The Labute approximate surface area is 88.2 Å². The molecule has 14 heavy (non-hydrogen) atoms. The zero-order chi connectivity index (χ0) is 9.40. The van der Waals surface area contributed by atoms with Crippen molar-refractivity contribution in [2.24, 2.45) is 46.8 Å². The first-order chi connectivity index (χ1) is 6.67. The number of rotatable bonds is 0. The topological polar surface area (TPSA) is 17.1 Å². The number of carbonyl (C=O) groups is 1. The van der Waals surface area contributed by atoms with Crippen LogP contribution in [0.5, 0.6) is 0 Å². The van der Waals surface area contributed by atoms with E-state index in [0.717, 1.165) is 23.7 Å². The van der Waals surface area contributed by atoms with Gasteiger partial charge in [-0.15, -0.1) is 11.6 Å². The summed E-state index contributed by atoms with van der Waals surface area (Å²) < 4.78 is 0. The summed E-state index contributed by atoms with van der Waals surface area (Å²) in [4.78, 5) is 12.2. The maximum atomic E-state index is 12.2. The Morgan fingerprint density at radius 1 is 1.36 bits per heavy atom. The molecule has 0 aromatic carbocycles. The first kappa shape index (κ1) is 7.27. The fourth-order valence-corrected chi connectivity index (χ4v) is 7.35. The highest BCUT2D eigenvalue weighted by Crippen LogP contribution is 2.86. The molecule has 0 spiro atoms. The largest absolute Gasteiger partial charge is 0.299 e.